The van der Waals surface area contributed by atoms with E-state index in [1.165, 1.54) is 30.7 Å². The van der Waals surface area contributed by atoms with Crippen LogP contribution in [0.1, 0.15) is 64.3 Å². The van der Waals surface area contributed by atoms with E-state index >= 15 is 0 Å². The van der Waals surface area contributed by atoms with Crippen LogP contribution in [0, 0.1) is 5.92 Å². The van der Waals surface area contributed by atoms with Crippen LogP contribution in [0.3, 0.4) is 0 Å². The fraction of sp³-hybridized carbons (Fsp3) is 0.769. The van der Waals surface area contributed by atoms with Crippen LogP contribution in [0.4, 0.5) is 0 Å². The van der Waals surface area contributed by atoms with Gasteiger partial charge in [0.25, 0.3) is 0 Å². The van der Waals surface area contributed by atoms with Crippen LogP contribution in [0.25, 0.3) is 0 Å². The molecule has 0 spiro atoms. The zero-order chi connectivity index (χ0) is 11.3. The van der Waals surface area contributed by atoms with Gasteiger partial charge in [-0.1, -0.05) is 40.5 Å². The lowest BCUT2D eigenvalue weighted by Gasteiger charge is -2.06. The lowest BCUT2D eigenvalue weighted by molar-refractivity contribution is 0.535. The molecule has 0 aliphatic carbocycles. The standard InChI is InChI=1S/C13H24N2/c1-10(2)7-5-6-8-12-13(11(3)4)15-9-14-12/h9-11H,5-8H2,1-4H3,(H,14,15). The molecule has 86 valence electrons. The van der Waals surface area contributed by atoms with Gasteiger partial charge >= 0.3 is 0 Å². The van der Waals surface area contributed by atoms with E-state index in [2.05, 4.69) is 37.7 Å². The van der Waals surface area contributed by atoms with Crippen molar-refractivity contribution in [3.8, 4) is 0 Å². The number of nitrogens with one attached hydrogen (secondary N) is 1. The summed E-state index contributed by atoms with van der Waals surface area (Å²) in [4.78, 5) is 7.64. The molecule has 0 fully saturated rings. The lowest BCUT2D eigenvalue weighted by Crippen LogP contribution is -1.96. The first-order chi connectivity index (χ1) is 7.11. The highest BCUT2D eigenvalue weighted by Crippen LogP contribution is 2.17. The predicted molar refractivity (Wildman–Crippen MR) is 65.1 cm³/mol. The number of hydrogen-bond acceptors (Lipinski definition) is 1. The molecule has 15 heavy (non-hydrogen) atoms. The normalized spacial score (nSPS) is 11.6. The maximum absolute atomic E-state index is 4.37. The maximum atomic E-state index is 4.37. The molecule has 1 N–H and O–H groups in total. The molecule has 0 radical (unpaired) electrons. The number of imidazole rings is 1. The summed E-state index contributed by atoms with van der Waals surface area (Å²) < 4.78 is 0. The van der Waals surface area contributed by atoms with E-state index in [1.807, 2.05) is 6.33 Å². The minimum absolute atomic E-state index is 0.538. The van der Waals surface area contributed by atoms with Crippen LogP contribution in [0.5, 0.6) is 0 Å². The molecule has 0 saturated heterocycles. The number of nitrogens with zero attached hydrogens (tertiary/aromatic N) is 1. The Morgan fingerprint density at radius 1 is 1.20 bits per heavy atom. The molecule has 2 nitrogen and oxygen atoms in total. The van der Waals surface area contributed by atoms with Crippen molar-refractivity contribution >= 4 is 0 Å². The van der Waals surface area contributed by atoms with Crippen LogP contribution >= 0.6 is 0 Å². The number of aryl methyl sites for hydroxylation is 1. The third-order valence-electron chi connectivity index (χ3n) is 2.76. The SMILES string of the molecule is CC(C)CCCCc1[nH]cnc1C(C)C. The summed E-state index contributed by atoms with van der Waals surface area (Å²) in [5.74, 6) is 1.37. The highest BCUT2D eigenvalue weighted by molar-refractivity contribution is 5.14. The highest BCUT2D eigenvalue weighted by Gasteiger charge is 2.08. The molecule has 2 heteroatoms. The van der Waals surface area contributed by atoms with Gasteiger partial charge in [0.2, 0.25) is 0 Å². The third kappa shape index (κ3) is 4.06. The van der Waals surface area contributed by atoms with E-state index in [-0.39, 0.29) is 0 Å². The molecular formula is C13H24N2. The smallest absolute Gasteiger partial charge is 0.0925 e. The predicted octanol–water partition coefficient (Wildman–Crippen LogP) is 3.90. The van der Waals surface area contributed by atoms with E-state index in [0.717, 1.165) is 12.3 Å². The molecule has 0 atom stereocenters. The van der Waals surface area contributed by atoms with Crippen molar-refractivity contribution in [3.63, 3.8) is 0 Å². The van der Waals surface area contributed by atoms with Gasteiger partial charge < -0.3 is 4.98 Å². The summed E-state index contributed by atoms with van der Waals surface area (Å²) in [7, 11) is 0. The number of unbranched alkanes of at least 4 members (excludes halogenated alkanes) is 1. The average molecular weight is 208 g/mol. The van der Waals surface area contributed by atoms with Gasteiger partial charge in [-0.15, -0.1) is 0 Å². The van der Waals surface area contributed by atoms with E-state index in [0.29, 0.717) is 5.92 Å². The quantitative estimate of drug-likeness (QED) is 0.706. The molecule has 1 aromatic heterocycles. The molecule has 1 rings (SSSR count). The summed E-state index contributed by atoms with van der Waals surface area (Å²) in [5.41, 5.74) is 2.59. The van der Waals surface area contributed by atoms with Crippen molar-refractivity contribution in [3.05, 3.63) is 17.7 Å². The molecule has 0 unspecified atom stereocenters. The van der Waals surface area contributed by atoms with Crippen molar-refractivity contribution in [1.82, 2.24) is 9.97 Å². The van der Waals surface area contributed by atoms with Crippen LogP contribution in [-0.4, -0.2) is 9.97 Å². The Hall–Kier alpha value is -0.790. The molecular weight excluding hydrogens is 184 g/mol. The summed E-state index contributed by atoms with van der Waals surface area (Å²) in [6.45, 7) is 8.98. The van der Waals surface area contributed by atoms with Crippen LogP contribution in [0.15, 0.2) is 6.33 Å². The zero-order valence-corrected chi connectivity index (χ0v) is 10.5. The number of H-pyrrole nitrogens is 1. The van der Waals surface area contributed by atoms with Gasteiger partial charge in [-0.3, -0.25) is 0 Å². The Labute approximate surface area is 93.5 Å². The van der Waals surface area contributed by atoms with Gasteiger partial charge in [0.15, 0.2) is 0 Å². The molecule has 0 bridgehead atoms. The molecule has 0 saturated carbocycles. The fourth-order valence-corrected chi connectivity index (χ4v) is 1.88. The topological polar surface area (TPSA) is 28.7 Å². The van der Waals surface area contributed by atoms with Crippen molar-refractivity contribution < 1.29 is 0 Å². The summed E-state index contributed by atoms with van der Waals surface area (Å²) >= 11 is 0. The summed E-state index contributed by atoms with van der Waals surface area (Å²) in [5, 5.41) is 0. The van der Waals surface area contributed by atoms with Crippen molar-refractivity contribution in [1.29, 1.82) is 0 Å². The first-order valence-electron chi connectivity index (χ1n) is 6.13. The Kier molecular flexibility index (Phi) is 4.86. The Morgan fingerprint density at radius 3 is 2.53 bits per heavy atom. The number of rotatable bonds is 6. The van der Waals surface area contributed by atoms with Crippen LogP contribution in [-0.2, 0) is 6.42 Å². The second kappa shape index (κ2) is 5.94. The van der Waals surface area contributed by atoms with Gasteiger partial charge in [0, 0.05) is 5.69 Å². The molecule has 0 aromatic carbocycles. The minimum atomic E-state index is 0.538. The van der Waals surface area contributed by atoms with E-state index < -0.39 is 0 Å². The Balaban J connectivity index is 2.34. The minimum Gasteiger partial charge on any atom is -0.348 e. The molecule has 1 heterocycles. The first kappa shape index (κ1) is 12.3. The average Bonchev–Trinajstić information content (AvgIpc) is 2.60. The summed E-state index contributed by atoms with van der Waals surface area (Å²) in [6.07, 6.45) is 6.92. The summed E-state index contributed by atoms with van der Waals surface area (Å²) in [6, 6.07) is 0. The third-order valence-corrected chi connectivity index (χ3v) is 2.76. The number of hydrogen-bond donors (Lipinski definition) is 1. The molecule has 0 aliphatic rings. The monoisotopic (exact) mass is 208 g/mol. The lowest BCUT2D eigenvalue weighted by atomic mass is 10.0. The Morgan fingerprint density at radius 2 is 1.93 bits per heavy atom. The van der Waals surface area contributed by atoms with E-state index in [4.69, 9.17) is 0 Å². The Bertz CT molecular complexity index is 274. The largest absolute Gasteiger partial charge is 0.348 e. The van der Waals surface area contributed by atoms with Gasteiger partial charge in [0.1, 0.15) is 0 Å². The second-order valence-electron chi connectivity index (χ2n) is 5.06. The highest BCUT2D eigenvalue weighted by atomic mass is 14.9. The number of aromatic amines is 1. The van der Waals surface area contributed by atoms with E-state index in [9.17, 15) is 0 Å². The van der Waals surface area contributed by atoms with Crippen molar-refractivity contribution in [2.24, 2.45) is 5.92 Å². The van der Waals surface area contributed by atoms with Gasteiger partial charge in [-0.2, -0.15) is 0 Å². The van der Waals surface area contributed by atoms with Crippen LogP contribution in [0.2, 0.25) is 0 Å². The van der Waals surface area contributed by atoms with Gasteiger partial charge in [-0.05, 0) is 24.7 Å². The maximum Gasteiger partial charge on any atom is 0.0925 e. The van der Waals surface area contributed by atoms with Crippen LogP contribution < -0.4 is 0 Å². The first-order valence-corrected chi connectivity index (χ1v) is 6.13. The molecule has 0 aliphatic heterocycles. The van der Waals surface area contributed by atoms with Gasteiger partial charge in [0.05, 0.1) is 12.0 Å². The fourth-order valence-electron chi connectivity index (χ4n) is 1.88. The van der Waals surface area contributed by atoms with Crippen molar-refractivity contribution in [2.45, 2.75) is 59.3 Å². The molecule has 1 aromatic rings. The zero-order valence-electron chi connectivity index (χ0n) is 10.5. The van der Waals surface area contributed by atoms with Crippen molar-refractivity contribution in [2.75, 3.05) is 0 Å². The number of aromatic nitrogens is 2. The van der Waals surface area contributed by atoms with E-state index in [1.54, 1.807) is 0 Å². The molecule has 0 amide bonds. The van der Waals surface area contributed by atoms with Gasteiger partial charge in [-0.25, -0.2) is 4.98 Å². The second-order valence-corrected chi connectivity index (χ2v) is 5.06.